The zero-order chi connectivity index (χ0) is 23.6. The molecule has 0 fully saturated rings. The number of carbonyl (C=O) groups excluding carboxylic acids is 1. The lowest BCUT2D eigenvalue weighted by molar-refractivity contribution is -0.120. The van der Waals surface area contributed by atoms with Crippen molar-refractivity contribution in [3.8, 4) is 5.75 Å². The van der Waals surface area contributed by atoms with Crippen molar-refractivity contribution in [3.05, 3.63) is 94.8 Å². The van der Waals surface area contributed by atoms with Gasteiger partial charge in [0.1, 0.15) is 5.75 Å². The van der Waals surface area contributed by atoms with Gasteiger partial charge in [0.05, 0.1) is 31.4 Å². The van der Waals surface area contributed by atoms with Gasteiger partial charge in [0.15, 0.2) is 0 Å². The highest BCUT2D eigenvalue weighted by molar-refractivity contribution is 5.78. The summed E-state index contributed by atoms with van der Waals surface area (Å²) in [6.45, 7) is 2.53. The predicted octanol–water partition coefficient (Wildman–Crippen LogP) is 2.39. The summed E-state index contributed by atoms with van der Waals surface area (Å²) in [4.78, 5) is 16.4. The van der Waals surface area contributed by atoms with Gasteiger partial charge in [-0.15, -0.1) is 0 Å². The SMILES string of the molecule is C[C@H](Cc1ccc(CC(=O)NCc2ccccn2)cc1)NC[C@@H](O)c1ccc(O)c(CO)c1. The molecular formula is C26H31N3O4. The van der Waals surface area contributed by atoms with Gasteiger partial charge in [-0.1, -0.05) is 36.4 Å². The fourth-order valence-corrected chi connectivity index (χ4v) is 3.53. The van der Waals surface area contributed by atoms with E-state index >= 15 is 0 Å². The molecule has 0 saturated heterocycles. The zero-order valence-electron chi connectivity index (χ0n) is 18.7. The summed E-state index contributed by atoms with van der Waals surface area (Å²) in [6, 6.07) is 18.4. The summed E-state index contributed by atoms with van der Waals surface area (Å²) >= 11 is 0. The van der Waals surface area contributed by atoms with E-state index in [9.17, 15) is 20.1 Å². The third kappa shape index (κ3) is 7.68. The van der Waals surface area contributed by atoms with Crippen LogP contribution in [0.25, 0.3) is 0 Å². The average molecular weight is 450 g/mol. The number of hydrogen-bond donors (Lipinski definition) is 5. The number of benzene rings is 2. The highest BCUT2D eigenvalue weighted by Crippen LogP contribution is 2.22. The van der Waals surface area contributed by atoms with Crippen LogP contribution in [0, 0.1) is 0 Å². The zero-order valence-corrected chi connectivity index (χ0v) is 18.7. The van der Waals surface area contributed by atoms with Gasteiger partial charge in [0, 0.05) is 24.3 Å². The van der Waals surface area contributed by atoms with E-state index in [4.69, 9.17) is 0 Å². The van der Waals surface area contributed by atoms with Gasteiger partial charge < -0.3 is 26.0 Å². The van der Waals surface area contributed by atoms with E-state index in [0.29, 0.717) is 30.6 Å². The molecule has 3 aromatic rings. The van der Waals surface area contributed by atoms with Crippen molar-refractivity contribution in [2.45, 2.75) is 45.1 Å². The van der Waals surface area contributed by atoms with Crippen molar-refractivity contribution in [3.63, 3.8) is 0 Å². The Labute approximate surface area is 194 Å². The van der Waals surface area contributed by atoms with Gasteiger partial charge in [0.25, 0.3) is 0 Å². The molecule has 33 heavy (non-hydrogen) atoms. The number of carbonyl (C=O) groups is 1. The van der Waals surface area contributed by atoms with Crippen LogP contribution in [-0.2, 0) is 30.8 Å². The second kappa shape index (κ2) is 12.1. The van der Waals surface area contributed by atoms with Crippen LogP contribution in [0.15, 0.2) is 66.9 Å². The van der Waals surface area contributed by atoms with Crippen molar-refractivity contribution >= 4 is 5.91 Å². The van der Waals surface area contributed by atoms with E-state index in [2.05, 4.69) is 15.6 Å². The molecule has 0 aliphatic carbocycles. The fraction of sp³-hybridized carbons (Fsp3) is 0.308. The summed E-state index contributed by atoms with van der Waals surface area (Å²) in [7, 11) is 0. The number of aliphatic hydroxyl groups excluding tert-OH is 2. The molecule has 0 saturated carbocycles. The second-order valence-electron chi connectivity index (χ2n) is 8.17. The van der Waals surface area contributed by atoms with Crippen LogP contribution in [0.3, 0.4) is 0 Å². The number of aromatic hydroxyl groups is 1. The van der Waals surface area contributed by atoms with E-state index in [0.717, 1.165) is 23.2 Å². The minimum Gasteiger partial charge on any atom is -0.508 e. The number of nitrogens with zero attached hydrogens (tertiary/aromatic N) is 1. The molecule has 3 rings (SSSR count). The number of hydrogen-bond acceptors (Lipinski definition) is 6. The van der Waals surface area contributed by atoms with E-state index in [-0.39, 0.29) is 24.3 Å². The monoisotopic (exact) mass is 449 g/mol. The number of nitrogens with one attached hydrogen (secondary N) is 2. The molecule has 2 aromatic carbocycles. The molecule has 0 unspecified atom stereocenters. The molecule has 174 valence electrons. The van der Waals surface area contributed by atoms with Crippen LogP contribution in [0.2, 0.25) is 0 Å². The Morgan fingerprint density at radius 3 is 2.52 bits per heavy atom. The summed E-state index contributed by atoms with van der Waals surface area (Å²) in [5, 5.41) is 35.5. The number of rotatable bonds is 11. The van der Waals surface area contributed by atoms with E-state index in [1.165, 1.54) is 6.07 Å². The van der Waals surface area contributed by atoms with Crippen LogP contribution >= 0.6 is 0 Å². The Morgan fingerprint density at radius 2 is 1.82 bits per heavy atom. The highest BCUT2D eigenvalue weighted by atomic mass is 16.3. The minimum atomic E-state index is -0.745. The molecule has 5 N–H and O–H groups in total. The van der Waals surface area contributed by atoms with Gasteiger partial charge in [-0.3, -0.25) is 9.78 Å². The molecule has 1 aromatic heterocycles. The largest absolute Gasteiger partial charge is 0.508 e. The summed E-state index contributed by atoms with van der Waals surface area (Å²) in [5.41, 5.74) is 3.94. The Bertz CT molecular complexity index is 1030. The normalized spacial score (nSPS) is 12.8. The molecule has 2 atom stereocenters. The standard InChI is InChI=1S/C26H31N3O4/c1-18(28-16-25(32)21-9-10-24(31)22(14-21)17-30)12-19-5-7-20(8-6-19)13-26(33)29-15-23-4-2-3-11-27-23/h2-11,14,18,25,28,30-32H,12-13,15-17H2,1H3,(H,29,33)/t18-,25-/m1/s1. The molecular weight excluding hydrogens is 418 g/mol. The Kier molecular flexibility index (Phi) is 8.95. The predicted molar refractivity (Wildman–Crippen MR) is 126 cm³/mol. The molecule has 7 nitrogen and oxygen atoms in total. The van der Waals surface area contributed by atoms with Crippen molar-refractivity contribution in [1.82, 2.24) is 15.6 Å². The second-order valence-corrected chi connectivity index (χ2v) is 8.17. The quantitative estimate of drug-likeness (QED) is 0.307. The fourth-order valence-electron chi connectivity index (χ4n) is 3.53. The Hall–Kier alpha value is -3.26. The van der Waals surface area contributed by atoms with Crippen molar-refractivity contribution in [2.75, 3.05) is 6.54 Å². The van der Waals surface area contributed by atoms with Crippen LogP contribution in [0.1, 0.15) is 41.0 Å². The van der Waals surface area contributed by atoms with Gasteiger partial charge in [-0.05, 0) is 54.3 Å². The van der Waals surface area contributed by atoms with Gasteiger partial charge in [0.2, 0.25) is 5.91 Å². The van der Waals surface area contributed by atoms with Crippen molar-refractivity contribution in [1.29, 1.82) is 0 Å². The first kappa shape index (κ1) is 24.4. The maximum absolute atomic E-state index is 12.2. The molecule has 0 bridgehead atoms. The smallest absolute Gasteiger partial charge is 0.224 e. The maximum atomic E-state index is 12.2. The van der Waals surface area contributed by atoms with E-state index < -0.39 is 6.10 Å². The van der Waals surface area contributed by atoms with Crippen LogP contribution in [0.5, 0.6) is 5.75 Å². The summed E-state index contributed by atoms with van der Waals surface area (Å²) in [6.07, 6.45) is 2.05. The molecule has 1 heterocycles. The summed E-state index contributed by atoms with van der Waals surface area (Å²) < 4.78 is 0. The highest BCUT2D eigenvalue weighted by Gasteiger charge is 2.12. The topological polar surface area (TPSA) is 115 Å². The van der Waals surface area contributed by atoms with Crippen molar-refractivity contribution < 1.29 is 20.1 Å². The number of phenols is 1. The van der Waals surface area contributed by atoms with E-state index in [1.807, 2.05) is 49.4 Å². The molecule has 0 aliphatic heterocycles. The Morgan fingerprint density at radius 1 is 1.06 bits per heavy atom. The molecule has 0 radical (unpaired) electrons. The van der Waals surface area contributed by atoms with E-state index in [1.54, 1.807) is 18.3 Å². The number of pyridine rings is 1. The third-order valence-electron chi connectivity index (χ3n) is 5.44. The van der Waals surface area contributed by atoms with Crippen LogP contribution < -0.4 is 10.6 Å². The first-order chi connectivity index (χ1) is 15.9. The minimum absolute atomic E-state index is 0.0175. The van der Waals surface area contributed by atoms with Crippen molar-refractivity contribution in [2.24, 2.45) is 0 Å². The number of aliphatic hydroxyl groups is 2. The lowest BCUT2D eigenvalue weighted by Crippen LogP contribution is -2.32. The molecule has 0 aliphatic rings. The number of amides is 1. The summed E-state index contributed by atoms with van der Waals surface area (Å²) in [5.74, 6) is -0.0279. The number of aromatic nitrogens is 1. The Balaban J connectivity index is 1.42. The molecule has 7 heteroatoms. The van der Waals surface area contributed by atoms with Gasteiger partial charge in [-0.2, -0.15) is 0 Å². The lowest BCUT2D eigenvalue weighted by Gasteiger charge is -2.18. The van der Waals surface area contributed by atoms with Gasteiger partial charge >= 0.3 is 0 Å². The molecule has 1 amide bonds. The first-order valence-corrected chi connectivity index (χ1v) is 11.0. The van der Waals surface area contributed by atoms with Crippen LogP contribution in [-0.4, -0.2) is 38.8 Å². The molecule has 0 spiro atoms. The van der Waals surface area contributed by atoms with Crippen LogP contribution in [0.4, 0.5) is 0 Å². The average Bonchev–Trinajstić information content (AvgIpc) is 2.83. The third-order valence-corrected chi connectivity index (χ3v) is 5.44. The maximum Gasteiger partial charge on any atom is 0.224 e. The lowest BCUT2D eigenvalue weighted by atomic mass is 10.0. The first-order valence-electron chi connectivity index (χ1n) is 11.0. The van der Waals surface area contributed by atoms with Gasteiger partial charge in [-0.25, -0.2) is 0 Å².